The first-order chi connectivity index (χ1) is 14.9. The number of anilines is 1. The first-order valence-electron chi connectivity index (χ1n) is 9.58. The summed E-state index contributed by atoms with van der Waals surface area (Å²) in [6, 6.07) is 12.7. The quantitative estimate of drug-likeness (QED) is 0.458. The van der Waals surface area contributed by atoms with Gasteiger partial charge in [-0.25, -0.2) is 9.97 Å². The summed E-state index contributed by atoms with van der Waals surface area (Å²) in [5, 5.41) is 21.3. The molecule has 4 aromatic rings. The van der Waals surface area contributed by atoms with Crippen LogP contribution in [-0.4, -0.2) is 49.9 Å². The lowest BCUT2D eigenvalue weighted by Crippen LogP contribution is -2.35. The number of aliphatic hydroxyl groups is 1. The minimum absolute atomic E-state index is 0.0612. The van der Waals surface area contributed by atoms with Crippen LogP contribution in [0.3, 0.4) is 0 Å². The van der Waals surface area contributed by atoms with Crippen LogP contribution in [0.4, 0.5) is 19.1 Å². The van der Waals surface area contributed by atoms with Crippen LogP contribution in [0.15, 0.2) is 48.5 Å². The molecule has 2 atom stereocenters. The molecular weight excluding hydrogens is 413 g/mol. The standard InChI is InChI=1S/C20H17F3N6O2/c21-20(22,23)31-15-8-4-2-6-12(15)16-27-17-11-5-1-3-7-13(11)25-19(29(17)28-16)26-14-9-10-24-18(14)30/h1-8,14,18,24,30H,9-10H2,(H,25,26)/t14-,18?/m1/s1. The average Bonchev–Trinajstić information content (AvgIpc) is 3.34. The van der Waals surface area contributed by atoms with Crippen molar-refractivity contribution in [3.8, 4) is 17.1 Å². The molecule has 0 spiro atoms. The van der Waals surface area contributed by atoms with Crippen LogP contribution in [0.1, 0.15) is 6.42 Å². The zero-order valence-electron chi connectivity index (χ0n) is 16.0. The highest BCUT2D eigenvalue weighted by atomic mass is 19.4. The number of nitrogens with one attached hydrogen (secondary N) is 2. The van der Waals surface area contributed by atoms with E-state index < -0.39 is 18.3 Å². The van der Waals surface area contributed by atoms with Crippen LogP contribution in [0.2, 0.25) is 0 Å². The fourth-order valence-electron chi connectivity index (χ4n) is 3.63. The Kier molecular flexibility index (Phi) is 4.63. The van der Waals surface area contributed by atoms with E-state index in [1.807, 2.05) is 18.2 Å². The zero-order chi connectivity index (χ0) is 21.6. The fourth-order valence-corrected chi connectivity index (χ4v) is 3.63. The highest BCUT2D eigenvalue weighted by Gasteiger charge is 2.33. The number of para-hydroxylation sites is 2. The lowest BCUT2D eigenvalue weighted by molar-refractivity contribution is -0.274. The monoisotopic (exact) mass is 430 g/mol. The molecule has 11 heteroatoms. The summed E-state index contributed by atoms with van der Waals surface area (Å²) in [5.74, 6) is -0.00587. The molecule has 1 aliphatic heterocycles. The maximum atomic E-state index is 12.9. The van der Waals surface area contributed by atoms with E-state index in [1.54, 1.807) is 12.1 Å². The third-order valence-corrected chi connectivity index (χ3v) is 5.04. The number of halogens is 3. The summed E-state index contributed by atoms with van der Waals surface area (Å²) >= 11 is 0. The van der Waals surface area contributed by atoms with Crippen LogP contribution < -0.4 is 15.4 Å². The second kappa shape index (κ2) is 7.36. The first-order valence-corrected chi connectivity index (χ1v) is 9.58. The normalized spacial score (nSPS) is 19.2. The van der Waals surface area contributed by atoms with Gasteiger partial charge in [-0.15, -0.1) is 18.3 Å². The van der Waals surface area contributed by atoms with Gasteiger partial charge in [0, 0.05) is 5.39 Å². The Morgan fingerprint density at radius 1 is 1.10 bits per heavy atom. The molecule has 1 fully saturated rings. The van der Waals surface area contributed by atoms with Gasteiger partial charge in [-0.1, -0.05) is 24.3 Å². The van der Waals surface area contributed by atoms with Crippen LogP contribution >= 0.6 is 0 Å². The lowest BCUT2D eigenvalue weighted by atomic mass is 10.2. The second-order valence-corrected chi connectivity index (χ2v) is 7.11. The van der Waals surface area contributed by atoms with Gasteiger partial charge in [0.2, 0.25) is 5.95 Å². The van der Waals surface area contributed by atoms with E-state index in [4.69, 9.17) is 0 Å². The van der Waals surface area contributed by atoms with Gasteiger partial charge in [0.05, 0.1) is 17.1 Å². The Bertz CT molecular complexity index is 1260. The SMILES string of the molecule is OC1NCC[C@H]1Nc1nc2ccccc2c2nc(-c3ccccc3OC(F)(F)F)nn12. The van der Waals surface area contributed by atoms with Gasteiger partial charge in [0.15, 0.2) is 11.5 Å². The van der Waals surface area contributed by atoms with Crippen molar-refractivity contribution < 1.29 is 23.0 Å². The van der Waals surface area contributed by atoms with Crippen molar-refractivity contribution in [3.63, 3.8) is 0 Å². The molecule has 2 aromatic heterocycles. The van der Waals surface area contributed by atoms with Crippen LogP contribution in [0, 0.1) is 0 Å². The van der Waals surface area contributed by atoms with E-state index in [2.05, 4.69) is 30.4 Å². The number of ether oxygens (including phenoxy) is 1. The molecule has 0 aliphatic carbocycles. The zero-order valence-corrected chi connectivity index (χ0v) is 16.0. The molecule has 0 radical (unpaired) electrons. The Morgan fingerprint density at radius 2 is 1.87 bits per heavy atom. The molecule has 3 N–H and O–H groups in total. The predicted octanol–water partition coefficient (Wildman–Crippen LogP) is 2.94. The second-order valence-electron chi connectivity index (χ2n) is 7.11. The molecule has 31 heavy (non-hydrogen) atoms. The largest absolute Gasteiger partial charge is 0.573 e. The summed E-state index contributed by atoms with van der Waals surface area (Å²) in [4.78, 5) is 9.09. The lowest BCUT2D eigenvalue weighted by Gasteiger charge is -2.17. The number of rotatable bonds is 4. The molecule has 1 aliphatic rings. The Labute approximate surface area is 173 Å². The van der Waals surface area contributed by atoms with Crippen molar-refractivity contribution in [2.45, 2.75) is 25.1 Å². The van der Waals surface area contributed by atoms with Crippen molar-refractivity contribution in [1.82, 2.24) is 24.9 Å². The molecule has 160 valence electrons. The predicted molar refractivity (Wildman–Crippen MR) is 106 cm³/mol. The van der Waals surface area contributed by atoms with Crippen molar-refractivity contribution in [2.24, 2.45) is 0 Å². The maximum absolute atomic E-state index is 12.9. The Balaban J connectivity index is 1.67. The first kappa shape index (κ1) is 19.5. The molecule has 0 bridgehead atoms. The van der Waals surface area contributed by atoms with Gasteiger partial charge in [-0.3, -0.25) is 5.32 Å². The van der Waals surface area contributed by atoms with Crippen LogP contribution in [0.5, 0.6) is 5.75 Å². The number of benzene rings is 2. The molecule has 1 saturated heterocycles. The van der Waals surface area contributed by atoms with Crippen LogP contribution in [-0.2, 0) is 0 Å². The molecule has 5 rings (SSSR count). The van der Waals surface area contributed by atoms with Gasteiger partial charge in [0.25, 0.3) is 0 Å². The number of aliphatic hydroxyl groups excluding tert-OH is 1. The van der Waals surface area contributed by atoms with E-state index in [1.165, 1.54) is 22.7 Å². The smallest absolute Gasteiger partial charge is 0.405 e. The number of alkyl halides is 3. The summed E-state index contributed by atoms with van der Waals surface area (Å²) in [6.45, 7) is 0.639. The van der Waals surface area contributed by atoms with Gasteiger partial charge >= 0.3 is 6.36 Å². The number of fused-ring (bicyclic) bond motifs is 3. The van der Waals surface area contributed by atoms with E-state index >= 15 is 0 Å². The van der Waals surface area contributed by atoms with Gasteiger partial charge in [-0.2, -0.15) is 4.52 Å². The van der Waals surface area contributed by atoms with Gasteiger partial charge in [0.1, 0.15) is 12.0 Å². The molecule has 8 nitrogen and oxygen atoms in total. The van der Waals surface area contributed by atoms with E-state index in [9.17, 15) is 18.3 Å². The molecule has 0 saturated carbocycles. The van der Waals surface area contributed by atoms with Crippen LogP contribution in [0.25, 0.3) is 27.9 Å². The topological polar surface area (TPSA) is 96.6 Å². The summed E-state index contributed by atoms with van der Waals surface area (Å²) in [6.07, 6.45) is -4.93. The Hall–Kier alpha value is -3.44. The maximum Gasteiger partial charge on any atom is 0.573 e. The number of hydrogen-bond donors (Lipinski definition) is 3. The van der Waals surface area contributed by atoms with Crippen molar-refractivity contribution in [3.05, 3.63) is 48.5 Å². The highest BCUT2D eigenvalue weighted by Crippen LogP contribution is 2.33. The minimum atomic E-state index is -4.85. The van der Waals surface area contributed by atoms with Crippen molar-refractivity contribution in [2.75, 3.05) is 11.9 Å². The molecule has 2 aromatic carbocycles. The summed E-state index contributed by atoms with van der Waals surface area (Å²) < 4.78 is 44.2. The number of nitrogens with zero attached hydrogens (tertiary/aromatic N) is 4. The molecule has 3 heterocycles. The fraction of sp³-hybridized carbons (Fsp3) is 0.250. The molecular formula is C20H17F3N6O2. The Morgan fingerprint density at radius 3 is 2.65 bits per heavy atom. The summed E-state index contributed by atoms with van der Waals surface area (Å²) in [5.41, 5.74) is 1.16. The van der Waals surface area contributed by atoms with E-state index in [0.717, 1.165) is 0 Å². The minimum Gasteiger partial charge on any atom is -0.405 e. The third-order valence-electron chi connectivity index (χ3n) is 5.04. The van der Waals surface area contributed by atoms with Gasteiger partial charge < -0.3 is 15.2 Å². The highest BCUT2D eigenvalue weighted by molar-refractivity contribution is 5.93. The molecule has 1 unspecified atom stereocenters. The van der Waals surface area contributed by atoms with Crippen molar-refractivity contribution >= 4 is 22.5 Å². The number of aromatic nitrogens is 4. The third kappa shape index (κ3) is 3.73. The summed E-state index contributed by atoms with van der Waals surface area (Å²) in [7, 11) is 0. The van der Waals surface area contributed by atoms with Crippen molar-refractivity contribution in [1.29, 1.82) is 0 Å². The average molecular weight is 430 g/mol. The van der Waals surface area contributed by atoms with E-state index in [-0.39, 0.29) is 17.4 Å². The number of hydrogen-bond acceptors (Lipinski definition) is 7. The van der Waals surface area contributed by atoms with E-state index in [0.29, 0.717) is 35.5 Å². The molecule has 0 amide bonds. The van der Waals surface area contributed by atoms with Gasteiger partial charge in [-0.05, 0) is 37.2 Å².